The number of hydrogen-bond acceptors (Lipinski definition) is 3. The predicted octanol–water partition coefficient (Wildman–Crippen LogP) is 4.05. The van der Waals surface area contributed by atoms with Crippen molar-refractivity contribution in [3.8, 4) is 11.3 Å². The Kier molecular flexibility index (Phi) is 4.30. The molecule has 22 heavy (non-hydrogen) atoms. The lowest BCUT2D eigenvalue weighted by Gasteiger charge is -2.06. The number of nitrogens with one attached hydrogen (secondary N) is 1. The molecule has 0 saturated carbocycles. The number of thiophene rings is 1. The molecular weight excluding hydrogens is 292 g/mol. The molecule has 0 unspecified atom stereocenters. The highest BCUT2D eigenvalue weighted by atomic mass is 32.1. The molecule has 1 amide bonds. The highest BCUT2D eigenvalue weighted by Crippen LogP contribution is 2.19. The van der Waals surface area contributed by atoms with Crippen LogP contribution in [0.25, 0.3) is 11.3 Å². The first-order chi connectivity index (χ1) is 10.7. The average Bonchev–Trinajstić information content (AvgIpc) is 3.09. The Bertz CT molecular complexity index is 747. The van der Waals surface area contributed by atoms with Gasteiger partial charge in [0, 0.05) is 23.7 Å². The molecule has 0 spiro atoms. The van der Waals surface area contributed by atoms with Crippen LogP contribution in [0.5, 0.6) is 0 Å². The van der Waals surface area contributed by atoms with Gasteiger partial charge in [0.15, 0.2) is 0 Å². The van der Waals surface area contributed by atoms with E-state index in [4.69, 9.17) is 0 Å². The molecule has 0 aliphatic carbocycles. The topological polar surface area (TPSA) is 42.0 Å². The second-order valence-corrected chi connectivity index (χ2v) is 5.89. The van der Waals surface area contributed by atoms with Crippen LogP contribution < -0.4 is 5.32 Å². The van der Waals surface area contributed by atoms with Gasteiger partial charge in [-0.1, -0.05) is 29.8 Å². The second-order valence-electron chi connectivity index (χ2n) is 5.11. The van der Waals surface area contributed by atoms with Gasteiger partial charge in [-0.2, -0.15) is 11.3 Å². The summed E-state index contributed by atoms with van der Waals surface area (Å²) >= 11 is 1.63. The van der Waals surface area contributed by atoms with Crippen LogP contribution in [0.1, 0.15) is 21.5 Å². The summed E-state index contributed by atoms with van der Waals surface area (Å²) in [6, 6.07) is 13.8. The quantitative estimate of drug-likeness (QED) is 0.790. The maximum atomic E-state index is 12.1. The molecule has 0 radical (unpaired) electrons. The summed E-state index contributed by atoms with van der Waals surface area (Å²) in [5.41, 5.74) is 4.84. The number of benzene rings is 1. The number of rotatable bonds is 4. The number of pyridine rings is 1. The minimum absolute atomic E-state index is 0.107. The third-order valence-corrected chi connectivity index (χ3v) is 4.10. The van der Waals surface area contributed by atoms with Crippen molar-refractivity contribution in [2.24, 2.45) is 0 Å². The summed E-state index contributed by atoms with van der Waals surface area (Å²) in [5.74, 6) is -0.107. The van der Waals surface area contributed by atoms with E-state index in [0.717, 1.165) is 16.8 Å². The van der Waals surface area contributed by atoms with Crippen LogP contribution >= 0.6 is 11.3 Å². The van der Waals surface area contributed by atoms with E-state index in [1.165, 1.54) is 5.56 Å². The smallest absolute Gasteiger partial charge is 0.253 e. The Morgan fingerprint density at radius 1 is 1.14 bits per heavy atom. The van der Waals surface area contributed by atoms with Gasteiger partial charge in [0.25, 0.3) is 5.91 Å². The highest BCUT2D eigenvalue weighted by Gasteiger charge is 2.07. The zero-order valence-corrected chi connectivity index (χ0v) is 13.1. The van der Waals surface area contributed by atoms with Gasteiger partial charge in [0.1, 0.15) is 0 Å². The monoisotopic (exact) mass is 308 g/mol. The van der Waals surface area contributed by atoms with Crippen LogP contribution in [0.15, 0.2) is 59.4 Å². The number of nitrogens with zero attached hydrogens (tertiary/aromatic N) is 1. The maximum absolute atomic E-state index is 12.1. The maximum Gasteiger partial charge on any atom is 0.253 e. The van der Waals surface area contributed by atoms with Crippen LogP contribution in [-0.2, 0) is 6.54 Å². The van der Waals surface area contributed by atoms with Gasteiger partial charge in [0.05, 0.1) is 11.3 Å². The fraction of sp³-hybridized carbons (Fsp3) is 0.111. The summed E-state index contributed by atoms with van der Waals surface area (Å²) < 4.78 is 0. The van der Waals surface area contributed by atoms with Gasteiger partial charge in [-0.3, -0.25) is 9.78 Å². The van der Waals surface area contributed by atoms with Crippen LogP contribution in [0.2, 0.25) is 0 Å². The Labute approximate surface area is 133 Å². The SMILES string of the molecule is Cc1ccc(CNC(=O)c2ccc(-c3ccsc3)nc2)cc1. The molecule has 4 heteroatoms. The first-order valence-electron chi connectivity index (χ1n) is 7.05. The summed E-state index contributed by atoms with van der Waals surface area (Å²) in [6.45, 7) is 2.56. The summed E-state index contributed by atoms with van der Waals surface area (Å²) in [7, 11) is 0. The molecule has 1 aromatic carbocycles. The fourth-order valence-corrected chi connectivity index (χ4v) is 2.75. The van der Waals surface area contributed by atoms with E-state index in [0.29, 0.717) is 12.1 Å². The first-order valence-corrected chi connectivity index (χ1v) is 7.99. The molecule has 3 aromatic rings. The molecule has 3 rings (SSSR count). The first kappa shape index (κ1) is 14.5. The van der Waals surface area contributed by atoms with Crippen molar-refractivity contribution < 1.29 is 4.79 Å². The van der Waals surface area contributed by atoms with Gasteiger partial charge in [-0.25, -0.2) is 0 Å². The molecule has 0 saturated heterocycles. The minimum Gasteiger partial charge on any atom is -0.348 e. The Hall–Kier alpha value is -2.46. The van der Waals surface area contributed by atoms with E-state index in [2.05, 4.69) is 10.3 Å². The van der Waals surface area contributed by atoms with Crippen LogP contribution in [0.3, 0.4) is 0 Å². The van der Waals surface area contributed by atoms with E-state index < -0.39 is 0 Å². The predicted molar refractivity (Wildman–Crippen MR) is 89.9 cm³/mol. The van der Waals surface area contributed by atoms with Crippen molar-refractivity contribution in [2.75, 3.05) is 0 Å². The number of carbonyl (C=O) groups excluding carboxylic acids is 1. The number of carbonyl (C=O) groups is 1. The van der Waals surface area contributed by atoms with E-state index in [1.54, 1.807) is 17.5 Å². The third-order valence-electron chi connectivity index (χ3n) is 3.42. The molecule has 0 fully saturated rings. The van der Waals surface area contributed by atoms with Gasteiger partial charge >= 0.3 is 0 Å². The largest absolute Gasteiger partial charge is 0.348 e. The molecule has 2 heterocycles. The molecule has 1 N–H and O–H groups in total. The van der Waals surface area contributed by atoms with Crippen molar-refractivity contribution in [1.82, 2.24) is 10.3 Å². The van der Waals surface area contributed by atoms with E-state index in [-0.39, 0.29) is 5.91 Å². The van der Waals surface area contributed by atoms with Crippen molar-refractivity contribution in [1.29, 1.82) is 0 Å². The van der Waals surface area contributed by atoms with Gasteiger partial charge < -0.3 is 5.32 Å². The second kappa shape index (κ2) is 6.54. The van der Waals surface area contributed by atoms with Crippen LogP contribution in [0, 0.1) is 6.92 Å². The Morgan fingerprint density at radius 2 is 1.95 bits per heavy atom. The molecule has 110 valence electrons. The lowest BCUT2D eigenvalue weighted by Crippen LogP contribution is -2.22. The standard InChI is InChI=1S/C18H16N2OS/c1-13-2-4-14(5-3-13)10-20-18(21)15-6-7-17(19-11-15)16-8-9-22-12-16/h2-9,11-12H,10H2,1H3,(H,20,21). The minimum atomic E-state index is -0.107. The molecule has 3 nitrogen and oxygen atoms in total. The van der Waals surface area contributed by atoms with Crippen LogP contribution in [-0.4, -0.2) is 10.9 Å². The fourth-order valence-electron chi connectivity index (χ4n) is 2.10. The lowest BCUT2D eigenvalue weighted by atomic mass is 10.1. The molecule has 0 bridgehead atoms. The van der Waals surface area contributed by atoms with Crippen molar-refractivity contribution in [3.63, 3.8) is 0 Å². The zero-order chi connectivity index (χ0) is 15.4. The summed E-state index contributed by atoms with van der Waals surface area (Å²) in [5, 5.41) is 6.97. The molecule has 0 aliphatic heterocycles. The van der Waals surface area contributed by atoms with Gasteiger partial charge in [0.2, 0.25) is 0 Å². The molecule has 0 aliphatic rings. The van der Waals surface area contributed by atoms with Crippen molar-refractivity contribution >= 4 is 17.2 Å². The normalized spacial score (nSPS) is 10.4. The summed E-state index contributed by atoms with van der Waals surface area (Å²) in [6.07, 6.45) is 1.62. The summed E-state index contributed by atoms with van der Waals surface area (Å²) in [4.78, 5) is 16.5. The van der Waals surface area contributed by atoms with E-state index in [9.17, 15) is 4.79 Å². The highest BCUT2D eigenvalue weighted by molar-refractivity contribution is 7.08. The number of amides is 1. The molecular formula is C18H16N2OS. The molecule has 2 aromatic heterocycles. The van der Waals surface area contributed by atoms with Crippen molar-refractivity contribution in [3.05, 3.63) is 76.1 Å². The van der Waals surface area contributed by atoms with E-state index >= 15 is 0 Å². The average molecular weight is 308 g/mol. The number of hydrogen-bond donors (Lipinski definition) is 1. The van der Waals surface area contributed by atoms with Gasteiger partial charge in [-0.05, 0) is 36.1 Å². The van der Waals surface area contributed by atoms with Crippen LogP contribution in [0.4, 0.5) is 0 Å². The zero-order valence-electron chi connectivity index (χ0n) is 12.2. The number of aromatic nitrogens is 1. The molecule has 0 atom stereocenters. The third kappa shape index (κ3) is 3.40. The Balaban J connectivity index is 1.63. The number of aryl methyl sites for hydroxylation is 1. The van der Waals surface area contributed by atoms with Crippen molar-refractivity contribution in [2.45, 2.75) is 13.5 Å². The Morgan fingerprint density at radius 3 is 2.59 bits per heavy atom. The lowest BCUT2D eigenvalue weighted by molar-refractivity contribution is 0.0950. The van der Waals surface area contributed by atoms with Gasteiger partial charge in [-0.15, -0.1) is 0 Å². The van der Waals surface area contributed by atoms with E-state index in [1.807, 2.05) is 60.1 Å².